The van der Waals surface area contributed by atoms with E-state index in [1.807, 2.05) is 0 Å². The number of rotatable bonds is 3. The number of nitrogens with zero attached hydrogens (tertiary/aromatic N) is 3. The Morgan fingerprint density at radius 1 is 1.07 bits per heavy atom. The molecule has 0 spiro atoms. The number of aromatic nitrogens is 1. The Morgan fingerprint density at radius 2 is 1.85 bits per heavy atom. The van der Waals surface area contributed by atoms with Gasteiger partial charge in [0, 0.05) is 56.8 Å². The molecular formula is C22H32N4O. The first-order valence-corrected chi connectivity index (χ1v) is 11.0. The van der Waals surface area contributed by atoms with Gasteiger partial charge in [-0.2, -0.15) is 0 Å². The van der Waals surface area contributed by atoms with E-state index in [-0.39, 0.29) is 0 Å². The smallest absolute Gasteiger partial charge is 0.223 e. The van der Waals surface area contributed by atoms with Gasteiger partial charge in [0.25, 0.3) is 0 Å². The first-order valence-electron chi connectivity index (χ1n) is 11.0. The van der Waals surface area contributed by atoms with Crippen LogP contribution in [0.15, 0.2) is 12.1 Å². The Bertz CT molecular complexity index is 688. The van der Waals surface area contributed by atoms with Crippen molar-refractivity contribution in [2.45, 2.75) is 76.4 Å². The first kappa shape index (κ1) is 17.5. The van der Waals surface area contributed by atoms with E-state index in [4.69, 9.17) is 4.98 Å². The van der Waals surface area contributed by atoms with Gasteiger partial charge in [-0.3, -0.25) is 4.79 Å². The van der Waals surface area contributed by atoms with Gasteiger partial charge in [-0.05, 0) is 43.2 Å². The summed E-state index contributed by atoms with van der Waals surface area (Å²) in [6.07, 6.45) is 10.7. The highest BCUT2D eigenvalue weighted by molar-refractivity contribution is 5.76. The minimum atomic E-state index is 0.353. The summed E-state index contributed by atoms with van der Waals surface area (Å²) >= 11 is 0. The van der Waals surface area contributed by atoms with E-state index in [9.17, 15) is 4.79 Å². The fourth-order valence-corrected chi connectivity index (χ4v) is 5.58. The van der Waals surface area contributed by atoms with Crippen LogP contribution in [0.1, 0.15) is 62.6 Å². The Hall–Kier alpha value is -1.62. The van der Waals surface area contributed by atoms with Crippen LogP contribution in [0.3, 0.4) is 0 Å². The third-order valence-electron chi connectivity index (χ3n) is 7.11. The fraction of sp³-hybridized carbons (Fsp3) is 0.727. The highest BCUT2D eigenvalue weighted by atomic mass is 16.2. The SMILES string of the molecule is O=C(CC1CCCC1)N1CCc2nc(N3CC4CCCC(C3)N4)ccc2C1. The molecule has 2 saturated heterocycles. The number of fused-ring (bicyclic) bond motifs is 3. The zero-order valence-electron chi connectivity index (χ0n) is 16.3. The number of carbonyl (C=O) groups excluding carboxylic acids is 1. The molecule has 0 aromatic carbocycles. The lowest BCUT2D eigenvalue weighted by atomic mass is 9.94. The maximum absolute atomic E-state index is 12.7. The van der Waals surface area contributed by atoms with Gasteiger partial charge in [0.2, 0.25) is 5.91 Å². The summed E-state index contributed by atoms with van der Waals surface area (Å²) in [5.74, 6) is 2.12. The molecule has 27 heavy (non-hydrogen) atoms. The average molecular weight is 369 g/mol. The van der Waals surface area contributed by atoms with Gasteiger partial charge in [-0.15, -0.1) is 0 Å². The minimum absolute atomic E-state index is 0.353. The zero-order chi connectivity index (χ0) is 18.2. The van der Waals surface area contributed by atoms with E-state index in [0.29, 0.717) is 23.9 Å². The van der Waals surface area contributed by atoms with Crippen LogP contribution in [-0.4, -0.2) is 47.5 Å². The van der Waals surface area contributed by atoms with Gasteiger partial charge in [0.15, 0.2) is 0 Å². The van der Waals surface area contributed by atoms with Gasteiger partial charge >= 0.3 is 0 Å². The van der Waals surface area contributed by atoms with Crippen molar-refractivity contribution in [3.8, 4) is 0 Å². The number of anilines is 1. The van der Waals surface area contributed by atoms with Crippen LogP contribution in [0.4, 0.5) is 5.82 Å². The highest BCUT2D eigenvalue weighted by Gasteiger charge is 2.31. The average Bonchev–Trinajstić information content (AvgIpc) is 3.20. The summed E-state index contributed by atoms with van der Waals surface area (Å²) in [4.78, 5) is 22.2. The number of nitrogens with one attached hydrogen (secondary N) is 1. The number of amides is 1. The minimum Gasteiger partial charge on any atom is -0.353 e. The van der Waals surface area contributed by atoms with E-state index >= 15 is 0 Å². The molecule has 146 valence electrons. The second kappa shape index (κ2) is 7.42. The first-order chi connectivity index (χ1) is 13.2. The third kappa shape index (κ3) is 3.71. The number of hydrogen-bond donors (Lipinski definition) is 1. The van der Waals surface area contributed by atoms with Crippen molar-refractivity contribution in [2.24, 2.45) is 5.92 Å². The second-order valence-corrected chi connectivity index (χ2v) is 9.09. The van der Waals surface area contributed by atoms with E-state index in [1.54, 1.807) is 0 Å². The van der Waals surface area contributed by atoms with Crippen LogP contribution < -0.4 is 10.2 Å². The summed E-state index contributed by atoms with van der Waals surface area (Å²) < 4.78 is 0. The van der Waals surface area contributed by atoms with Gasteiger partial charge in [-0.1, -0.05) is 25.3 Å². The van der Waals surface area contributed by atoms with E-state index in [2.05, 4.69) is 27.2 Å². The van der Waals surface area contributed by atoms with Crippen molar-refractivity contribution >= 4 is 11.7 Å². The normalized spacial score (nSPS) is 28.3. The summed E-state index contributed by atoms with van der Waals surface area (Å²) in [5, 5.41) is 3.75. The summed E-state index contributed by atoms with van der Waals surface area (Å²) in [6, 6.07) is 5.66. The molecule has 5 nitrogen and oxygen atoms in total. The van der Waals surface area contributed by atoms with Crippen molar-refractivity contribution in [1.82, 2.24) is 15.2 Å². The summed E-state index contributed by atoms with van der Waals surface area (Å²) in [5.41, 5.74) is 2.46. The Balaban J connectivity index is 1.25. The lowest BCUT2D eigenvalue weighted by Crippen LogP contribution is -2.59. The maximum atomic E-state index is 12.7. The molecule has 1 aromatic rings. The van der Waals surface area contributed by atoms with Gasteiger partial charge < -0.3 is 15.1 Å². The Kier molecular flexibility index (Phi) is 4.80. The van der Waals surface area contributed by atoms with Crippen LogP contribution in [0.25, 0.3) is 0 Å². The monoisotopic (exact) mass is 368 g/mol. The van der Waals surface area contributed by atoms with Crippen molar-refractivity contribution in [3.63, 3.8) is 0 Å². The third-order valence-corrected chi connectivity index (χ3v) is 7.11. The molecule has 0 radical (unpaired) electrons. The topological polar surface area (TPSA) is 48.5 Å². The molecule has 2 bridgehead atoms. The Morgan fingerprint density at radius 3 is 2.63 bits per heavy atom. The number of hydrogen-bond acceptors (Lipinski definition) is 4. The van der Waals surface area contributed by atoms with Crippen LogP contribution in [-0.2, 0) is 17.8 Å². The molecule has 4 heterocycles. The zero-order valence-corrected chi connectivity index (χ0v) is 16.3. The van der Waals surface area contributed by atoms with Crippen molar-refractivity contribution < 1.29 is 4.79 Å². The number of piperidine rings is 1. The predicted molar refractivity (Wildman–Crippen MR) is 107 cm³/mol. The molecule has 4 aliphatic rings. The molecule has 5 rings (SSSR count). The van der Waals surface area contributed by atoms with Crippen LogP contribution in [0.2, 0.25) is 0 Å². The van der Waals surface area contributed by atoms with Crippen molar-refractivity contribution in [1.29, 1.82) is 0 Å². The van der Waals surface area contributed by atoms with Gasteiger partial charge in [-0.25, -0.2) is 4.98 Å². The fourth-order valence-electron chi connectivity index (χ4n) is 5.58. The molecule has 1 aliphatic carbocycles. The van der Waals surface area contributed by atoms with Crippen LogP contribution in [0, 0.1) is 5.92 Å². The van der Waals surface area contributed by atoms with Crippen molar-refractivity contribution in [2.75, 3.05) is 24.5 Å². The predicted octanol–water partition coefficient (Wildman–Crippen LogP) is 2.88. The van der Waals surface area contributed by atoms with Gasteiger partial charge in [0.05, 0.1) is 0 Å². The summed E-state index contributed by atoms with van der Waals surface area (Å²) in [6.45, 7) is 3.74. The Labute approximate surface area is 162 Å². The molecule has 1 N–H and O–H groups in total. The molecule has 1 amide bonds. The van der Waals surface area contributed by atoms with Crippen molar-refractivity contribution in [3.05, 3.63) is 23.4 Å². The van der Waals surface area contributed by atoms with Crippen LogP contribution >= 0.6 is 0 Å². The van der Waals surface area contributed by atoms with E-state index < -0.39 is 0 Å². The number of carbonyl (C=O) groups is 1. The van der Waals surface area contributed by atoms with E-state index in [0.717, 1.165) is 44.8 Å². The van der Waals surface area contributed by atoms with Crippen LogP contribution in [0.5, 0.6) is 0 Å². The maximum Gasteiger partial charge on any atom is 0.223 e. The second-order valence-electron chi connectivity index (χ2n) is 9.09. The lowest BCUT2D eigenvalue weighted by Gasteiger charge is -2.43. The molecule has 1 aromatic heterocycles. The molecular weight excluding hydrogens is 336 g/mol. The molecule has 2 atom stereocenters. The number of piperazine rings is 1. The molecule has 5 heteroatoms. The van der Waals surface area contributed by atoms with E-state index in [1.165, 1.54) is 56.2 Å². The summed E-state index contributed by atoms with van der Waals surface area (Å²) in [7, 11) is 0. The highest BCUT2D eigenvalue weighted by Crippen LogP contribution is 2.30. The molecule has 3 aliphatic heterocycles. The molecule has 1 saturated carbocycles. The molecule has 3 fully saturated rings. The van der Waals surface area contributed by atoms with Gasteiger partial charge in [0.1, 0.15) is 5.82 Å². The number of pyridine rings is 1. The quantitative estimate of drug-likeness (QED) is 0.891. The standard InChI is InChI=1S/C22H32N4O/c27-22(12-16-4-1-2-5-16)25-11-10-20-17(13-25)8-9-21(24-20)26-14-18-6-3-7-19(15-26)23-18/h8-9,16,18-19,23H,1-7,10-15H2. The lowest BCUT2D eigenvalue weighted by molar-refractivity contribution is -0.133. The largest absolute Gasteiger partial charge is 0.353 e. The molecule has 2 unspecified atom stereocenters.